The number of hydrogen-bond donors (Lipinski definition) is 1. The minimum absolute atomic E-state index is 0.427. The molecule has 18 heavy (non-hydrogen) atoms. The summed E-state index contributed by atoms with van der Waals surface area (Å²) >= 11 is 0. The van der Waals surface area contributed by atoms with Gasteiger partial charge < -0.3 is 5.32 Å². The molecule has 0 saturated carbocycles. The van der Waals surface area contributed by atoms with Gasteiger partial charge in [-0.3, -0.25) is 4.68 Å². The monoisotopic (exact) mass is 248 g/mol. The highest BCUT2D eigenvalue weighted by Crippen LogP contribution is 2.21. The van der Waals surface area contributed by atoms with Crippen LogP contribution in [0.3, 0.4) is 0 Å². The number of nitrogens with zero attached hydrogens (tertiary/aromatic N) is 5. The highest BCUT2D eigenvalue weighted by atomic mass is 15.4. The van der Waals surface area contributed by atoms with Crippen molar-refractivity contribution in [3.05, 3.63) is 18.0 Å². The molecule has 0 saturated heterocycles. The van der Waals surface area contributed by atoms with Crippen LogP contribution >= 0.6 is 0 Å². The van der Waals surface area contributed by atoms with E-state index in [1.54, 1.807) is 6.20 Å². The Morgan fingerprint density at radius 2 is 2.17 bits per heavy atom. The molecular formula is C12H20N6. The van der Waals surface area contributed by atoms with Crippen molar-refractivity contribution in [3.63, 3.8) is 0 Å². The summed E-state index contributed by atoms with van der Waals surface area (Å²) in [5.74, 6) is 0. The van der Waals surface area contributed by atoms with E-state index in [4.69, 9.17) is 0 Å². The van der Waals surface area contributed by atoms with Crippen molar-refractivity contribution in [1.29, 1.82) is 0 Å². The SMILES string of the molecule is CCn1nnc(CNC(C)C)c1-c1ccnn1C. The van der Waals surface area contributed by atoms with Gasteiger partial charge in [0.2, 0.25) is 0 Å². The Morgan fingerprint density at radius 1 is 1.39 bits per heavy atom. The fourth-order valence-corrected chi connectivity index (χ4v) is 1.88. The second-order valence-electron chi connectivity index (χ2n) is 4.58. The molecule has 0 aromatic carbocycles. The molecule has 0 spiro atoms. The molecule has 0 aliphatic rings. The molecule has 2 aromatic rings. The first-order valence-electron chi connectivity index (χ1n) is 6.27. The van der Waals surface area contributed by atoms with E-state index < -0.39 is 0 Å². The summed E-state index contributed by atoms with van der Waals surface area (Å²) < 4.78 is 3.76. The molecule has 0 aliphatic carbocycles. The number of nitrogens with one attached hydrogen (secondary N) is 1. The van der Waals surface area contributed by atoms with Crippen LogP contribution < -0.4 is 5.32 Å². The second kappa shape index (κ2) is 5.30. The molecule has 6 heteroatoms. The first-order chi connectivity index (χ1) is 8.63. The zero-order valence-corrected chi connectivity index (χ0v) is 11.4. The van der Waals surface area contributed by atoms with Crippen LogP contribution in [0.15, 0.2) is 12.3 Å². The van der Waals surface area contributed by atoms with Gasteiger partial charge in [-0.1, -0.05) is 19.1 Å². The average molecular weight is 248 g/mol. The third-order valence-corrected chi connectivity index (χ3v) is 2.85. The standard InChI is InChI=1S/C12H20N6/c1-5-18-12(11-6-7-14-17(11)4)10(15-16-18)8-13-9(2)3/h6-7,9,13H,5,8H2,1-4H3. The fraction of sp³-hybridized carbons (Fsp3) is 0.583. The van der Waals surface area contributed by atoms with Gasteiger partial charge in [0.15, 0.2) is 0 Å². The molecule has 0 aliphatic heterocycles. The van der Waals surface area contributed by atoms with Crippen LogP contribution in [0.25, 0.3) is 11.4 Å². The maximum atomic E-state index is 4.27. The molecule has 2 rings (SSSR count). The first-order valence-corrected chi connectivity index (χ1v) is 6.27. The van der Waals surface area contributed by atoms with E-state index in [2.05, 4.69) is 41.5 Å². The summed E-state index contributed by atoms with van der Waals surface area (Å²) in [6, 6.07) is 2.42. The van der Waals surface area contributed by atoms with Crippen LogP contribution in [-0.2, 0) is 20.1 Å². The van der Waals surface area contributed by atoms with Gasteiger partial charge in [0.1, 0.15) is 11.4 Å². The molecule has 0 unspecified atom stereocenters. The van der Waals surface area contributed by atoms with E-state index in [1.165, 1.54) is 0 Å². The maximum Gasteiger partial charge on any atom is 0.111 e. The first kappa shape index (κ1) is 12.8. The van der Waals surface area contributed by atoms with Crippen LogP contribution in [0.4, 0.5) is 0 Å². The fourth-order valence-electron chi connectivity index (χ4n) is 1.88. The molecule has 6 nitrogen and oxygen atoms in total. The normalized spacial score (nSPS) is 11.4. The van der Waals surface area contributed by atoms with E-state index in [0.717, 1.165) is 30.2 Å². The van der Waals surface area contributed by atoms with Gasteiger partial charge in [0, 0.05) is 32.4 Å². The van der Waals surface area contributed by atoms with Gasteiger partial charge in [-0.15, -0.1) is 5.10 Å². The molecule has 0 atom stereocenters. The van der Waals surface area contributed by atoms with Crippen molar-refractivity contribution in [3.8, 4) is 11.4 Å². The lowest BCUT2D eigenvalue weighted by Gasteiger charge is -2.09. The van der Waals surface area contributed by atoms with Gasteiger partial charge >= 0.3 is 0 Å². The summed E-state index contributed by atoms with van der Waals surface area (Å²) in [5, 5.41) is 16.0. The van der Waals surface area contributed by atoms with Crippen molar-refractivity contribution in [2.45, 2.75) is 39.9 Å². The molecule has 0 radical (unpaired) electrons. The topological polar surface area (TPSA) is 60.6 Å². The third kappa shape index (κ3) is 2.43. The van der Waals surface area contributed by atoms with E-state index in [0.29, 0.717) is 6.04 Å². The quantitative estimate of drug-likeness (QED) is 0.863. The smallest absolute Gasteiger partial charge is 0.111 e. The lowest BCUT2D eigenvalue weighted by molar-refractivity contribution is 0.580. The number of aromatic nitrogens is 5. The van der Waals surface area contributed by atoms with Crippen LogP contribution in [0, 0.1) is 0 Å². The van der Waals surface area contributed by atoms with Crippen LogP contribution in [0.2, 0.25) is 0 Å². The van der Waals surface area contributed by atoms with Crippen molar-refractivity contribution < 1.29 is 0 Å². The largest absolute Gasteiger partial charge is 0.309 e. The third-order valence-electron chi connectivity index (χ3n) is 2.85. The van der Waals surface area contributed by atoms with Crippen molar-refractivity contribution in [2.75, 3.05) is 0 Å². The number of hydrogen-bond acceptors (Lipinski definition) is 4. The zero-order chi connectivity index (χ0) is 13.1. The van der Waals surface area contributed by atoms with Crippen molar-refractivity contribution >= 4 is 0 Å². The number of rotatable bonds is 5. The molecule has 2 heterocycles. The summed E-state index contributed by atoms with van der Waals surface area (Å²) in [6.07, 6.45) is 1.79. The molecule has 0 amide bonds. The average Bonchev–Trinajstić information content (AvgIpc) is 2.91. The van der Waals surface area contributed by atoms with E-state index in [1.807, 2.05) is 22.5 Å². The molecular weight excluding hydrogens is 228 g/mol. The predicted molar refractivity (Wildman–Crippen MR) is 69.9 cm³/mol. The Hall–Kier alpha value is -1.69. The summed E-state index contributed by atoms with van der Waals surface area (Å²) in [4.78, 5) is 0. The molecule has 0 fully saturated rings. The lowest BCUT2D eigenvalue weighted by atomic mass is 10.2. The number of aryl methyl sites for hydroxylation is 2. The van der Waals surface area contributed by atoms with E-state index in [9.17, 15) is 0 Å². The van der Waals surface area contributed by atoms with E-state index >= 15 is 0 Å². The van der Waals surface area contributed by atoms with Gasteiger partial charge in [-0.25, -0.2) is 4.68 Å². The Morgan fingerprint density at radius 3 is 2.72 bits per heavy atom. The van der Waals surface area contributed by atoms with Crippen molar-refractivity contribution in [2.24, 2.45) is 7.05 Å². The van der Waals surface area contributed by atoms with E-state index in [-0.39, 0.29) is 0 Å². The van der Waals surface area contributed by atoms with Crippen molar-refractivity contribution in [1.82, 2.24) is 30.1 Å². The summed E-state index contributed by atoms with van der Waals surface area (Å²) in [5.41, 5.74) is 3.06. The predicted octanol–water partition coefficient (Wildman–Crippen LogP) is 1.20. The zero-order valence-electron chi connectivity index (χ0n) is 11.4. The van der Waals surface area contributed by atoms with Crippen LogP contribution in [-0.4, -0.2) is 30.8 Å². The Labute approximate surface area is 107 Å². The van der Waals surface area contributed by atoms with Gasteiger partial charge in [-0.2, -0.15) is 5.10 Å². The van der Waals surface area contributed by atoms with Crippen LogP contribution in [0.1, 0.15) is 26.5 Å². The minimum Gasteiger partial charge on any atom is -0.309 e. The Kier molecular flexibility index (Phi) is 3.76. The molecule has 0 bridgehead atoms. The second-order valence-corrected chi connectivity index (χ2v) is 4.58. The Balaban J connectivity index is 2.37. The van der Waals surface area contributed by atoms with Crippen LogP contribution in [0.5, 0.6) is 0 Å². The van der Waals surface area contributed by atoms with Gasteiger partial charge in [0.05, 0.1) is 5.69 Å². The molecule has 1 N–H and O–H groups in total. The molecule has 2 aromatic heterocycles. The maximum absolute atomic E-state index is 4.27. The summed E-state index contributed by atoms with van der Waals surface area (Å²) in [6.45, 7) is 7.82. The minimum atomic E-state index is 0.427. The highest BCUT2D eigenvalue weighted by Gasteiger charge is 2.16. The Bertz CT molecular complexity index is 510. The van der Waals surface area contributed by atoms with Gasteiger partial charge in [-0.05, 0) is 13.0 Å². The highest BCUT2D eigenvalue weighted by molar-refractivity contribution is 5.57. The lowest BCUT2D eigenvalue weighted by Crippen LogP contribution is -2.22. The molecule has 98 valence electrons. The summed E-state index contributed by atoms with van der Waals surface area (Å²) in [7, 11) is 1.93. The van der Waals surface area contributed by atoms with Gasteiger partial charge in [0.25, 0.3) is 0 Å².